The molecular formula is C16H16F3N. The molecule has 0 fully saturated rings. The van der Waals surface area contributed by atoms with Gasteiger partial charge >= 0.3 is 0 Å². The van der Waals surface area contributed by atoms with Crippen LogP contribution in [0.5, 0.6) is 0 Å². The van der Waals surface area contributed by atoms with Crippen molar-refractivity contribution in [3.63, 3.8) is 0 Å². The molecule has 0 amide bonds. The second kappa shape index (κ2) is 6.09. The van der Waals surface area contributed by atoms with Crippen molar-refractivity contribution >= 4 is 0 Å². The Labute approximate surface area is 116 Å². The fourth-order valence-electron chi connectivity index (χ4n) is 2.07. The van der Waals surface area contributed by atoms with E-state index in [4.69, 9.17) is 0 Å². The van der Waals surface area contributed by atoms with Crippen LogP contribution in [0.1, 0.15) is 18.1 Å². The molecule has 4 heteroatoms. The van der Waals surface area contributed by atoms with Crippen molar-refractivity contribution in [2.45, 2.75) is 20.4 Å². The van der Waals surface area contributed by atoms with Gasteiger partial charge in [-0.05, 0) is 54.4 Å². The van der Waals surface area contributed by atoms with E-state index in [0.717, 1.165) is 24.2 Å². The summed E-state index contributed by atoms with van der Waals surface area (Å²) in [5.41, 5.74) is 1.43. The third-order valence-electron chi connectivity index (χ3n) is 3.18. The first-order valence-electron chi connectivity index (χ1n) is 6.48. The molecule has 0 aromatic heterocycles. The van der Waals surface area contributed by atoms with Gasteiger partial charge in [0, 0.05) is 12.1 Å². The summed E-state index contributed by atoms with van der Waals surface area (Å²) in [4.78, 5) is 0. The second-order valence-corrected chi connectivity index (χ2v) is 4.66. The van der Waals surface area contributed by atoms with Gasteiger partial charge in [0.2, 0.25) is 0 Å². The maximum atomic E-state index is 14.0. The second-order valence-electron chi connectivity index (χ2n) is 4.66. The van der Waals surface area contributed by atoms with Crippen LogP contribution in [0.15, 0.2) is 30.3 Å². The Balaban J connectivity index is 2.55. The van der Waals surface area contributed by atoms with Crippen LogP contribution in [-0.2, 0) is 6.54 Å². The fraction of sp³-hybridized carbons (Fsp3) is 0.250. The largest absolute Gasteiger partial charge is 0.313 e. The fourth-order valence-corrected chi connectivity index (χ4v) is 2.07. The predicted octanol–water partition coefficient (Wildman–Crippen LogP) is 4.19. The highest BCUT2D eigenvalue weighted by Crippen LogP contribution is 2.29. The molecular weight excluding hydrogens is 263 g/mol. The molecule has 2 aromatic carbocycles. The average molecular weight is 279 g/mol. The standard InChI is InChI=1S/C16H16F3N/c1-3-20-9-11-4-5-12(17)7-13(11)14-8-15(18)10(2)6-16(14)19/h4-8,20H,3,9H2,1-2H3. The highest BCUT2D eigenvalue weighted by Gasteiger charge is 2.13. The minimum atomic E-state index is -0.549. The van der Waals surface area contributed by atoms with Gasteiger partial charge < -0.3 is 5.32 Å². The summed E-state index contributed by atoms with van der Waals surface area (Å²) >= 11 is 0. The van der Waals surface area contributed by atoms with Crippen LogP contribution < -0.4 is 5.32 Å². The Morgan fingerprint density at radius 3 is 2.40 bits per heavy atom. The number of halogens is 3. The highest BCUT2D eigenvalue weighted by atomic mass is 19.1. The number of hydrogen-bond acceptors (Lipinski definition) is 1. The van der Waals surface area contributed by atoms with E-state index in [1.807, 2.05) is 6.92 Å². The summed E-state index contributed by atoms with van der Waals surface area (Å²) in [5.74, 6) is -1.52. The zero-order valence-corrected chi connectivity index (χ0v) is 11.4. The number of hydrogen-bond donors (Lipinski definition) is 1. The first-order chi connectivity index (χ1) is 9.52. The first kappa shape index (κ1) is 14.6. The zero-order chi connectivity index (χ0) is 14.7. The van der Waals surface area contributed by atoms with Crippen LogP contribution in [0.3, 0.4) is 0 Å². The van der Waals surface area contributed by atoms with Gasteiger partial charge in [-0.1, -0.05) is 13.0 Å². The molecule has 1 N–H and O–H groups in total. The number of rotatable bonds is 4. The van der Waals surface area contributed by atoms with Gasteiger partial charge in [0.25, 0.3) is 0 Å². The summed E-state index contributed by atoms with van der Waals surface area (Å²) in [7, 11) is 0. The lowest BCUT2D eigenvalue weighted by Gasteiger charge is -2.12. The molecule has 106 valence electrons. The minimum absolute atomic E-state index is 0.0838. The first-order valence-corrected chi connectivity index (χ1v) is 6.48. The maximum absolute atomic E-state index is 14.0. The Morgan fingerprint density at radius 1 is 0.950 bits per heavy atom. The summed E-state index contributed by atoms with van der Waals surface area (Å²) in [5, 5.41) is 3.10. The van der Waals surface area contributed by atoms with E-state index in [9.17, 15) is 13.2 Å². The van der Waals surface area contributed by atoms with Crippen molar-refractivity contribution < 1.29 is 13.2 Å². The van der Waals surface area contributed by atoms with E-state index in [-0.39, 0.29) is 11.1 Å². The summed E-state index contributed by atoms with van der Waals surface area (Å²) in [6.45, 7) is 4.64. The van der Waals surface area contributed by atoms with Gasteiger partial charge in [-0.15, -0.1) is 0 Å². The maximum Gasteiger partial charge on any atom is 0.131 e. The molecule has 0 radical (unpaired) electrons. The van der Waals surface area contributed by atoms with Gasteiger partial charge in [0.1, 0.15) is 17.5 Å². The van der Waals surface area contributed by atoms with Crippen molar-refractivity contribution in [3.05, 3.63) is 58.9 Å². The summed E-state index contributed by atoms with van der Waals surface area (Å²) < 4.78 is 41.1. The number of aryl methyl sites for hydroxylation is 1. The average Bonchev–Trinajstić information content (AvgIpc) is 2.41. The van der Waals surface area contributed by atoms with E-state index in [1.54, 1.807) is 6.07 Å². The van der Waals surface area contributed by atoms with Crippen molar-refractivity contribution in [2.24, 2.45) is 0 Å². The third-order valence-corrected chi connectivity index (χ3v) is 3.18. The van der Waals surface area contributed by atoms with Crippen LogP contribution in [0, 0.1) is 24.4 Å². The lowest BCUT2D eigenvalue weighted by atomic mass is 9.97. The van der Waals surface area contributed by atoms with Crippen molar-refractivity contribution in [1.82, 2.24) is 5.32 Å². The van der Waals surface area contributed by atoms with Gasteiger partial charge in [0.05, 0.1) is 0 Å². The van der Waals surface area contributed by atoms with Gasteiger partial charge in [-0.2, -0.15) is 0 Å². The normalized spacial score (nSPS) is 10.8. The van der Waals surface area contributed by atoms with Gasteiger partial charge in [-0.25, -0.2) is 13.2 Å². The molecule has 1 nitrogen and oxygen atoms in total. The Kier molecular flexibility index (Phi) is 4.45. The lowest BCUT2D eigenvalue weighted by Crippen LogP contribution is -2.12. The van der Waals surface area contributed by atoms with Crippen LogP contribution in [0.25, 0.3) is 11.1 Å². The predicted molar refractivity (Wildman–Crippen MR) is 73.9 cm³/mol. The SMILES string of the molecule is CCNCc1ccc(F)cc1-c1cc(F)c(C)cc1F. The van der Waals surface area contributed by atoms with E-state index in [0.29, 0.717) is 12.1 Å². The van der Waals surface area contributed by atoms with Gasteiger partial charge in [0.15, 0.2) is 0 Å². The van der Waals surface area contributed by atoms with E-state index < -0.39 is 17.5 Å². The highest BCUT2D eigenvalue weighted by molar-refractivity contribution is 5.68. The quantitative estimate of drug-likeness (QED) is 0.885. The molecule has 0 spiro atoms. The van der Waals surface area contributed by atoms with Crippen LogP contribution in [-0.4, -0.2) is 6.54 Å². The molecule has 0 aliphatic rings. The van der Waals surface area contributed by atoms with Crippen LogP contribution in [0.2, 0.25) is 0 Å². The Bertz CT molecular complexity index is 623. The van der Waals surface area contributed by atoms with E-state index in [2.05, 4.69) is 5.32 Å². The molecule has 2 rings (SSSR count). The smallest absolute Gasteiger partial charge is 0.131 e. The minimum Gasteiger partial charge on any atom is -0.313 e. The van der Waals surface area contributed by atoms with E-state index >= 15 is 0 Å². The molecule has 0 aliphatic carbocycles. The monoisotopic (exact) mass is 279 g/mol. The molecule has 2 aromatic rings. The molecule has 0 saturated carbocycles. The van der Waals surface area contributed by atoms with Crippen molar-refractivity contribution in [2.75, 3.05) is 6.54 Å². The van der Waals surface area contributed by atoms with Crippen LogP contribution in [0.4, 0.5) is 13.2 Å². The van der Waals surface area contributed by atoms with Crippen LogP contribution >= 0.6 is 0 Å². The molecule has 0 saturated heterocycles. The van der Waals surface area contributed by atoms with Crippen molar-refractivity contribution in [3.8, 4) is 11.1 Å². The topological polar surface area (TPSA) is 12.0 Å². The lowest BCUT2D eigenvalue weighted by molar-refractivity contribution is 0.594. The van der Waals surface area contributed by atoms with Crippen molar-refractivity contribution in [1.29, 1.82) is 0 Å². The third kappa shape index (κ3) is 3.02. The molecule has 0 aliphatic heterocycles. The van der Waals surface area contributed by atoms with E-state index in [1.165, 1.54) is 19.1 Å². The Morgan fingerprint density at radius 2 is 1.70 bits per heavy atom. The molecule has 20 heavy (non-hydrogen) atoms. The number of benzene rings is 2. The Hall–Kier alpha value is -1.81. The number of nitrogens with one attached hydrogen (secondary N) is 1. The summed E-state index contributed by atoms with van der Waals surface area (Å²) in [6, 6.07) is 6.39. The zero-order valence-electron chi connectivity index (χ0n) is 11.4. The molecule has 0 unspecified atom stereocenters. The molecule has 0 heterocycles. The molecule has 0 bridgehead atoms. The summed E-state index contributed by atoms with van der Waals surface area (Å²) in [6.07, 6.45) is 0. The van der Waals surface area contributed by atoms with Gasteiger partial charge in [-0.3, -0.25) is 0 Å². The molecule has 0 atom stereocenters.